The molecule has 0 bridgehead atoms. The van der Waals surface area contributed by atoms with Gasteiger partial charge in [-0.15, -0.1) is 0 Å². The van der Waals surface area contributed by atoms with Gasteiger partial charge in [-0.05, 0) is 24.9 Å². The molecule has 1 unspecified atom stereocenters. The second-order valence-electron chi connectivity index (χ2n) is 6.06. The fourth-order valence-corrected chi connectivity index (χ4v) is 3.31. The standard InChI is InChI=1S/C16H23N3O/c20-15-10-18-16(12-17-15)8-4-5-9-19(13-16)11-14-6-2-1-3-7-14/h1-3,6-7,18H,4-5,8-13H2,(H,17,20). The van der Waals surface area contributed by atoms with Crippen LogP contribution in [0.1, 0.15) is 24.8 Å². The van der Waals surface area contributed by atoms with Crippen molar-refractivity contribution in [2.24, 2.45) is 0 Å². The van der Waals surface area contributed by atoms with Crippen molar-refractivity contribution in [1.82, 2.24) is 15.5 Å². The monoisotopic (exact) mass is 273 g/mol. The van der Waals surface area contributed by atoms with Gasteiger partial charge in [-0.2, -0.15) is 0 Å². The molecule has 2 saturated heterocycles. The highest BCUT2D eigenvalue weighted by atomic mass is 16.2. The molecule has 0 aromatic heterocycles. The molecule has 20 heavy (non-hydrogen) atoms. The van der Waals surface area contributed by atoms with Crippen LogP contribution in [0.4, 0.5) is 0 Å². The van der Waals surface area contributed by atoms with Gasteiger partial charge in [0.2, 0.25) is 5.91 Å². The maximum atomic E-state index is 11.4. The summed E-state index contributed by atoms with van der Waals surface area (Å²) >= 11 is 0. The molecule has 0 aliphatic carbocycles. The van der Waals surface area contributed by atoms with E-state index in [9.17, 15) is 4.79 Å². The highest BCUT2D eigenvalue weighted by Gasteiger charge is 2.36. The van der Waals surface area contributed by atoms with Crippen molar-refractivity contribution in [1.29, 1.82) is 0 Å². The Morgan fingerprint density at radius 2 is 2.05 bits per heavy atom. The van der Waals surface area contributed by atoms with Crippen LogP contribution in [0.25, 0.3) is 0 Å². The van der Waals surface area contributed by atoms with Gasteiger partial charge in [0, 0.05) is 25.2 Å². The zero-order valence-corrected chi connectivity index (χ0v) is 11.9. The van der Waals surface area contributed by atoms with E-state index < -0.39 is 0 Å². The minimum atomic E-state index is 0.0686. The van der Waals surface area contributed by atoms with Crippen LogP contribution < -0.4 is 10.6 Å². The Morgan fingerprint density at radius 1 is 1.20 bits per heavy atom. The quantitative estimate of drug-likeness (QED) is 0.849. The van der Waals surface area contributed by atoms with E-state index in [1.807, 2.05) is 0 Å². The number of nitrogens with one attached hydrogen (secondary N) is 2. The summed E-state index contributed by atoms with van der Waals surface area (Å²) in [6.45, 7) is 4.38. The maximum absolute atomic E-state index is 11.4. The average Bonchev–Trinajstić information content (AvgIpc) is 2.66. The Bertz CT molecular complexity index is 450. The number of amides is 1. The van der Waals surface area contributed by atoms with Crippen LogP contribution in [0, 0.1) is 0 Å². The highest BCUT2D eigenvalue weighted by Crippen LogP contribution is 2.23. The average molecular weight is 273 g/mol. The van der Waals surface area contributed by atoms with Crippen LogP contribution in [0.3, 0.4) is 0 Å². The van der Waals surface area contributed by atoms with Crippen LogP contribution in [0.5, 0.6) is 0 Å². The van der Waals surface area contributed by atoms with E-state index in [4.69, 9.17) is 0 Å². The third kappa shape index (κ3) is 3.19. The van der Waals surface area contributed by atoms with Gasteiger partial charge in [0.1, 0.15) is 0 Å². The molecule has 2 aliphatic heterocycles. The third-order valence-corrected chi connectivity index (χ3v) is 4.40. The van der Waals surface area contributed by atoms with Crippen molar-refractivity contribution in [3.05, 3.63) is 35.9 Å². The highest BCUT2D eigenvalue weighted by molar-refractivity contribution is 5.79. The Kier molecular flexibility index (Phi) is 4.03. The molecule has 3 rings (SSSR count). The van der Waals surface area contributed by atoms with Crippen molar-refractivity contribution < 1.29 is 4.79 Å². The van der Waals surface area contributed by atoms with Crippen molar-refractivity contribution in [3.63, 3.8) is 0 Å². The molecule has 1 amide bonds. The fourth-order valence-electron chi connectivity index (χ4n) is 3.31. The van der Waals surface area contributed by atoms with Crippen molar-refractivity contribution in [3.8, 4) is 0 Å². The lowest BCUT2D eigenvalue weighted by molar-refractivity contribution is -0.122. The number of benzene rings is 1. The number of carbonyl (C=O) groups is 1. The van der Waals surface area contributed by atoms with E-state index in [-0.39, 0.29) is 11.4 Å². The molecule has 2 N–H and O–H groups in total. The molecule has 2 heterocycles. The van der Waals surface area contributed by atoms with E-state index in [0.717, 1.165) is 32.6 Å². The Morgan fingerprint density at radius 3 is 2.80 bits per heavy atom. The van der Waals surface area contributed by atoms with Crippen LogP contribution >= 0.6 is 0 Å². The number of nitrogens with zero attached hydrogens (tertiary/aromatic N) is 1. The summed E-state index contributed by atoms with van der Waals surface area (Å²) in [5.41, 5.74) is 1.43. The molecule has 108 valence electrons. The smallest absolute Gasteiger partial charge is 0.234 e. The van der Waals surface area contributed by atoms with Gasteiger partial charge in [0.25, 0.3) is 0 Å². The van der Waals surface area contributed by atoms with Gasteiger partial charge in [-0.3, -0.25) is 15.0 Å². The number of hydrogen-bond donors (Lipinski definition) is 2. The Balaban J connectivity index is 1.67. The number of carbonyl (C=O) groups excluding carboxylic acids is 1. The molecule has 2 aliphatic rings. The predicted octanol–water partition coefficient (Wildman–Crippen LogP) is 1.13. The van der Waals surface area contributed by atoms with Crippen LogP contribution in [0.15, 0.2) is 30.3 Å². The normalized spacial score (nSPS) is 28.1. The number of piperazine rings is 1. The minimum Gasteiger partial charge on any atom is -0.353 e. The zero-order chi connectivity index (χ0) is 13.8. The first-order valence-corrected chi connectivity index (χ1v) is 7.54. The molecule has 1 spiro atoms. The second-order valence-corrected chi connectivity index (χ2v) is 6.06. The molecule has 1 atom stereocenters. The van der Waals surface area contributed by atoms with E-state index >= 15 is 0 Å². The maximum Gasteiger partial charge on any atom is 0.234 e. The third-order valence-electron chi connectivity index (χ3n) is 4.40. The fraction of sp³-hybridized carbons (Fsp3) is 0.562. The minimum absolute atomic E-state index is 0.0686. The van der Waals surface area contributed by atoms with Crippen LogP contribution in [-0.2, 0) is 11.3 Å². The van der Waals surface area contributed by atoms with Crippen molar-refractivity contribution in [2.45, 2.75) is 31.3 Å². The predicted molar refractivity (Wildman–Crippen MR) is 79.3 cm³/mol. The summed E-state index contributed by atoms with van der Waals surface area (Å²) in [6, 6.07) is 10.6. The summed E-state index contributed by atoms with van der Waals surface area (Å²) in [4.78, 5) is 13.9. The number of hydrogen-bond acceptors (Lipinski definition) is 3. The van der Waals surface area contributed by atoms with Crippen molar-refractivity contribution in [2.75, 3.05) is 26.2 Å². The van der Waals surface area contributed by atoms with Gasteiger partial charge in [-0.1, -0.05) is 36.8 Å². The van der Waals surface area contributed by atoms with Gasteiger partial charge in [0.05, 0.1) is 6.54 Å². The summed E-state index contributed by atoms with van der Waals surface area (Å²) in [7, 11) is 0. The van der Waals surface area contributed by atoms with Crippen LogP contribution in [-0.4, -0.2) is 42.5 Å². The van der Waals surface area contributed by atoms with E-state index in [1.165, 1.54) is 18.4 Å². The lowest BCUT2D eigenvalue weighted by Gasteiger charge is -2.40. The zero-order valence-electron chi connectivity index (χ0n) is 11.9. The van der Waals surface area contributed by atoms with E-state index in [1.54, 1.807) is 0 Å². The van der Waals surface area contributed by atoms with Gasteiger partial charge in [0.15, 0.2) is 0 Å². The van der Waals surface area contributed by atoms with Gasteiger partial charge < -0.3 is 5.32 Å². The van der Waals surface area contributed by atoms with E-state index in [0.29, 0.717) is 6.54 Å². The molecule has 1 aromatic carbocycles. The molecular formula is C16H23N3O. The molecule has 1 aromatic rings. The van der Waals surface area contributed by atoms with Gasteiger partial charge >= 0.3 is 0 Å². The SMILES string of the molecule is O=C1CNC2(CCCCN(Cc3ccccc3)C2)CN1. The summed E-state index contributed by atoms with van der Waals surface area (Å²) in [6.07, 6.45) is 3.62. The van der Waals surface area contributed by atoms with E-state index in [2.05, 4.69) is 45.9 Å². The first kappa shape index (κ1) is 13.6. The first-order valence-electron chi connectivity index (χ1n) is 7.54. The lowest BCUT2D eigenvalue weighted by atomic mass is 9.91. The molecular weight excluding hydrogens is 250 g/mol. The number of likely N-dealkylation sites (tertiary alicyclic amines) is 1. The number of rotatable bonds is 2. The van der Waals surface area contributed by atoms with Gasteiger partial charge in [-0.25, -0.2) is 0 Å². The first-order chi connectivity index (χ1) is 9.76. The largest absolute Gasteiger partial charge is 0.353 e. The molecule has 2 fully saturated rings. The summed E-state index contributed by atoms with van der Waals surface area (Å²) in [5, 5.41) is 6.51. The Hall–Kier alpha value is -1.39. The molecule has 0 radical (unpaired) electrons. The molecule has 4 nitrogen and oxygen atoms in total. The lowest BCUT2D eigenvalue weighted by Crippen LogP contribution is -2.65. The molecule has 0 saturated carbocycles. The summed E-state index contributed by atoms with van der Waals surface area (Å²) in [5.74, 6) is 0.120. The Labute approximate surface area is 120 Å². The topological polar surface area (TPSA) is 44.4 Å². The van der Waals surface area contributed by atoms with Crippen LogP contribution in [0.2, 0.25) is 0 Å². The summed E-state index contributed by atoms with van der Waals surface area (Å²) < 4.78 is 0. The molecule has 4 heteroatoms. The second kappa shape index (κ2) is 5.94. The van der Waals surface area contributed by atoms with Crippen molar-refractivity contribution >= 4 is 5.91 Å².